The van der Waals surface area contributed by atoms with Gasteiger partial charge in [-0.25, -0.2) is 0 Å². The molecule has 0 fully saturated rings. The summed E-state index contributed by atoms with van der Waals surface area (Å²) in [7, 11) is 0. The molecule has 3 aromatic carbocycles. The van der Waals surface area contributed by atoms with Crippen LogP contribution in [0.5, 0.6) is 5.75 Å². The highest BCUT2D eigenvalue weighted by Crippen LogP contribution is 2.31. The Bertz CT molecular complexity index is 771. The van der Waals surface area contributed by atoms with Crippen molar-refractivity contribution in [3.05, 3.63) is 95.6 Å². The number of hydrogen-bond acceptors (Lipinski definition) is 3. The number of nitrogens with two attached hydrogens (primary N) is 1. The molecule has 0 aliphatic heterocycles. The van der Waals surface area contributed by atoms with E-state index in [1.54, 1.807) is 12.1 Å². The van der Waals surface area contributed by atoms with Gasteiger partial charge in [-0.1, -0.05) is 60.7 Å². The average Bonchev–Trinajstić information content (AvgIpc) is 2.60. The Hall–Kier alpha value is -2.78. The van der Waals surface area contributed by atoms with Crippen molar-refractivity contribution < 1.29 is 9.84 Å². The zero-order chi connectivity index (χ0) is 16.1. The van der Waals surface area contributed by atoms with Crippen LogP contribution in [0.25, 0.3) is 0 Å². The molecular formula is C20H19NO2. The molecular weight excluding hydrogens is 286 g/mol. The van der Waals surface area contributed by atoms with Crippen LogP contribution in [-0.2, 0) is 6.61 Å². The first kappa shape index (κ1) is 15.1. The highest BCUT2D eigenvalue weighted by Gasteiger charge is 2.15. The molecule has 0 bridgehead atoms. The lowest BCUT2D eigenvalue weighted by molar-refractivity contribution is 0.209. The highest BCUT2D eigenvalue weighted by atomic mass is 16.5. The summed E-state index contributed by atoms with van der Waals surface area (Å²) in [4.78, 5) is 0. The van der Waals surface area contributed by atoms with Crippen molar-refractivity contribution in [2.75, 3.05) is 5.73 Å². The summed E-state index contributed by atoms with van der Waals surface area (Å²) >= 11 is 0. The molecule has 3 nitrogen and oxygen atoms in total. The number of anilines is 1. The standard InChI is InChI=1S/C20H19NO2/c21-17-10-6-9-16(13-17)20(22)18-11-4-5-12-19(18)23-14-15-7-2-1-3-8-15/h1-13,20,22H,14,21H2. The molecule has 116 valence electrons. The Labute approximate surface area is 136 Å². The second-order valence-corrected chi connectivity index (χ2v) is 5.38. The van der Waals surface area contributed by atoms with E-state index in [2.05, 4.69) is 0 Å². The molecule has 3 aromatic rings. The van der Waals surface area contributed by atoms with Gasteiger partial charge in [0.1, 0.15) is 18.5 Å². The van der Waals surface area contributed by atoms with E-state index >= 15 is 0 Å². The van der Waals surface area contributed by atoms with Crippen molar-refractivity contribution in [3.8, 4) is 5.75 Å². The van der Waals surface area contributed by atoms with Gasteiger partial charge in [0, 0.05) is 11.3 Å². The van der Waals surface area contributed by atoms with Crippen LogP contribution in [0.3, 0.4) is 0 Å². The van der Waals surface area contributed by atoms with Crippen LogP contribution in [0.1, 0.15) is 22.8 Å². The molecule has 0 spiro atoms. The number of aliphatic hydroxyl groups is 1. The molecule has 0 aromatic heterocycles. The topological polar surface area (TPSA) is 55.5 Å². The Kier molecular flexibility index (Phi) is 4.60. The fourth-order valence-corrected chi connectivity index (χ4v) is 2.48. The van der Waals surface area contributed by atoms with Crippen molar-refractivity contribution in [3.63, 3.8) is 0 Å². The Morgan fingerprint density at radius 2 is 1.61 bits per heavy atom. The fraction of sp³-hybridized carbons (Fsp3) is 0.100. The van der Waals surface area contributed by atoms with E-state index in [0.717, 1.165) is 16.7 Å². The van der Waals surface area contributed by atoms with E-state index < -0.39 is 6.10 Å². The quantitative estimate of drug-likeness (QED) is 0.702. The third-order valence-corrected chi connectivity index (χ3v) is 3.68. The van der Waals surface area contributed by atoms with Crippen LogP contribution in [0.15, 0.2) is 78.9 Å². The molecule has 3 N–H and O–H groups in total. The maximum atomic E-state index is 10.7. The van der Waals surface area contributed by atoms with E-state index in [4.69, 9.17) is 10.5 Å². The number of para-hydroxylation sites is 1. The molecule has 0 heterocycles. The van der Waals surface area contributed by atoms with Gasteiger partial charge in [-0.15, -0.1) is 0 Å². The molecule has 3 rings (SSSR count). The normalized spacial score (nSPS) is 11.9. The van der Waals surface area contributed by atoms with Crippen LogP contribution in [0.2, 0.25) is 0 Å². The molecule has 1 unspecified atom stereocenters. The minimum absolute atomic E-state index is 0.460. The predicted octanol–water partition coefficient (Wildman–Crippen LogP) is 3.93. The molecule has 23 heavy (non-hydrogen) atoms. The monoisotopic (exact) mass is 305 g/mol. The SMILES string of the molecule is Nc1cccc(C(O)c2ccccc2OCc2ccccc2)c1. The Morgan fingerprint density at radius 3 is 2.39 bits per heavy atom. The van der Waals surface area contributed by atoms with Crippen molar-refractivity contribution in [2.45, 2.75) is 12.7 Å². The Morgan fingerprint density at radius 1 is 0.870 bits per heavy atom. The predicted molar refractivity (Wildman–Crippen MR) is 92.1 cm³/mol. The summed E-state index contributed by atoms with van der Waals surface area (Å²) in [6.45, 7) is 0.460. The number of hydrogen-bond donors (Lipinski definition) is 2. The van der Waals surface area contributed by atoms with Crippen LogP contribution >= 0.6 is 0 Å². The molecule has 0 aliphatic rings. The lowest BCUT2D eigenvalue weighted by Gasteiger charge is -2.17. The van der Waals surface area contributed by atoms with Crippen LogP contribution in [0.4, 0.5) is 5.69 Å². The molecule has 0 radical (unpaired) electrons. The summed E-state index contributed by atoms with van der Waals surface area (Å²) in [5.74, 6) is 0.672. The molecule has 0 aliphatic carbocycles. The summed E-state index contributed by atoms with van der Waals surface area (Å²) in [6, 6.07) is 24.7. The number of aliphatic hydroxyl groups excluding tert-OH is 1. The van der Waals surface area contributed by atoms with Crippen molar-refractivity contribution in [1.29, 1.82) is 0 Å². The third kappa shape index (κ3) is 3.71. The number of nitrogen functional groups attached to an aromatic ring is 1. The van der Waals surface area contributed by atoms with E-state index in [9.17, 15) is 5.11 Å². The molecule has 0 saturated carbocycles. The lowest BCUT2D eigenvalue weighted by atomic mass is 10.0. The van der Waals surface area contributed by atoms with Gasteiger partial charge in [0.25, 0.3) is 0 Å². The number of benzene rings is 3. The molecule has 3 heteroatoms. The number of rotatable bonds is 5. The van der Waals surface area contributed by atoms with E-state index in [1.165, 1.54) is 0 Å². The molecule has 1 atom stereocenters. The van der Waals surface area contributed by atoms with Gasteiger partial charge in [-0.3, -0.25) is 0 Å². The first-order valence-electron chi connectivity index (χ1n) is 7.53. The maximum Gasteiger partial charge on any atom is 0.125 e. The summed E-state index contributed by atoms with van der Waals surface area (Å²) < 4.78 is 5.90. The summed E-state index contributed by atoms with van der Waals surface area (Å²) in [5, 5.41) is 10.7. The van der Waals surface area contributed by atoms with Gasteiger partial charge in [0.2, 0.25) is 0 Å². The highest BCUT2D eigenvalue weighted by molar-refractivity contribution is 5.46. The van der Waals surface area contributed by atoms with Gasteiger partial charge in [-0.05, 0) is 29.3 Å². The van der Waals surface area contributed by atoms with Crippen molar-refractivity contribution in [2.24, 2.45) is 0 Å². The zero-order valence-corrected chi connectivity index (χ0v) is 12.7. The average molecular weight is 305 g/mol. The van der Waals surface area contributed by atoms with E-state index in [1.807, 2.05) is 66.7 Å². The third-order valence-electron chi connectivity index (χ3n) is 3.68. The maximum absolute atomic E-state index is 10.7. The minimum atomic E-state index is -0.773. The minimum Gasteiger partial charge on any atom is -0.489 e. The summed E-state index contributed by atoms with van der Waals surface area (Å²) in [6.07, 6.45) is -0.773. The van der Waals surface area contributed by atoms with Crippen LogP contribution in [-0.4, -0.2) is 5.11 Å². The van der Waals surface area contributed by atoms with Gasteiger partial charge in [0.05, 0.1) is 0 Å². The Balaban J connectivity index is 1.83. The lowest BCUT2D eigenvalue weighted by Crippen LogP contribution is -2.05. The van der Waals surface area contributed by atoms with Gasteiger partial charge >= 0.3 is 0 Å². The van der Waals surface area contributed by atoms with Gasteiger partial charge in [0.15, 0.2) is 0 Å². The van der Waals surface area contributed by atoms with Crippen molar-refractivity contribution in [1.82, 2.24) is 0 Å². The zero-order valence-electron chi connectivity index (χ0n) is 12.7. The second kappa shape index (κ2) is 6.99. The summed E-state index contributed by atoms with van der Waals surface area (Å²) in [5.41, 5.74) is 9.00. The molecule has 0 amide bonds. The van der Waals surface area contributed by atoms with Gasteiger partial charge < -0.3 is 15.6 Å². The van der Waals surface area contributed by atoms with Gasteiger partial charge in [-0.2, -0.15) is 0 Å². The largest absolute Gasteiger partial charge is 0.489 e. The molecule has 0 saturated heterocycles. The van der Waals surface area contributed by atoms with Crippen LogP contribution in [0, 0.1) is 0 Å². The fourth-order valence-electron chi connectivity index (χ4n) is 2.48. The number of ether oxygens (including phenoxy) is 1. The first-order chi connectivity index (χ1) is 11.2. The van der Waals surface area contributed by atoms with E-state index in [-0.39, 0.29) is 0 Å². The van der Waals surface area contributed by atoms with Crippen molar-refractivity contribution >= 4 is 5.69 Å². The smallest absolute Gasteiger partial charge is 0.125 e. The second-order valence-electron chi connectivity index (χ2n) is 5.38. The first-order valence-corrected chi connectivity index (χ1v) is 7.53. The van der Waals surface area contributed by atoms with E-state index in [0.29, 0.717) is 18.0 Å². The van der Waals surface area contributed by atoms with Crippen LogP contribution < -0.4 is 10.5 Å².